The molecule has 0 radical (unpaired) electrons. The van der Waals surface area contributed by atoms with Gasteiger partial charge in [0, 0.05) is 32.6 Å². The number of likely N-dealkylation sites (N-methyl/N-ethyl adjacent to an activating group) is 1. The molecule has 1 aliphatic heterocycles. The highest BCUT2D eigenvalue weighted by molar-refractivity contribution is 5.78. The Morgan fingerprint density at radius 1 is 1.20 bits per heavy atom. The molecule has 20 heavy (non-hydrogen) atoms. The topological polar surface area (TPSA) is 43.8 Å². The Kier molecular flexibility index (Phi) is 4.45. The molecule has 1 saturated heterocycles. The highest BCUT2D eigenvalue weighted by atomic mass is 16.4. The third-order valence-corrected chi connectivity index (χ3v) is 4.33. The van der Waals surface area contributed by atoms with Gasteiger partial charge in [0.15, 0.2) is 0 Å². The Bertz CT molecular complexity index is 464. The number of piperazine rings is 1. The molecule has 0 spiro atoms. The second-order valence-electron chi connectivity index (χ2n) is 6.03. The first-order valence-corrected chi connectivity index (χ1v) is 7.14. The van der Waals surface area contributed by atoms with Crippen molar-refractivity contribution in [2.75, 3.05) is 33.2 Å². The number of hydrogen-bond donors (Lipinski definition) is 1. The molecule has 1 unspecified atom stereocenters. The lowest BCUT2D eigenvalue weighted by Gasteiger charge is -2.42. The second-order valence-corrected chi connectivity index (χ2v) is 6.03. The Hall–Kier alpha value is -1.39. The summed E-state index contributed by atoms with van der Waals surface area (Å²) >= 11 is 0. The summed E-state index contributed by atoms with van der Waals surface area (Å²) in [5.41, 5.74) is 1.46. The lowest BCUT2D eigenvalue weighted by atomic mass is 9.90. The van der Waals surface area contributed by atoms with E-state index < -0.39 is 11.5 Å². The smallest absolute Gasteiger partial charge is 0.324 e. The lowest BCUT2D eigenvalue weighted by Crippen LogP contribution is -2.59. The van der Waals surface area contributed by atoms with Crippen molar-refractivity contribution in [2.45, 2.75) is 25.8 Å². The van der Waals surface area contributed by atoms with E-state index in [2.05, 4.69) is 16.8 Å². The van der Waals surface area contributed by atoms with Gasteiger partial charge in [-0.3, -0.25) is 9.69 Å². The fourth-order valence-electron chi connectivity index (χ4n) is 2.73. The summed E-state index contributed by atoms with van der Waals surface area (Å²) in [6, 6.07) is 8.16. The third-order valence-electron chi connectivity index (χ3n) is 4.33. The van der Waals surface area contributed by atoms with E-state index in [1.54, 1.807) is 0 Å². The summed E-state index contributed by atoms with van der Waals surface area (Å²) in [5.74, 6) is -0.734. The van der Waals surface area contributed by atoms with Gasteiger partial charge in [-0.2, -0.15) is 0 Å². The molecule has 1 aromatic carbocycles. The van der Waals surface area contributed by atoms with E-state index in [9.17, 15) is 9.90 Å². The van der Waals surface area contributed by atoms with E-state index in [1.165, 1.54) is 5.56 Å². The lowest BCUT2D eigenvalue weighted by molar-refractivity contribution is -0.151. The van der Waals surface area contributed by atoms with Crippen LogP contribution < -0.4 is 0 Å². The first-order chi connectivity index (χ1) is 9.41. The minimum absolute atomic E-state index is 0.548. The van der Waals surface area contributed by atoms with Gasteiger partial charge in [-0.25, -0.2) is 0 Å². The van der Waals surface area contributed by atoms with Crippen molar-refractivity contribution in [1.82, 2.24) is 9.80 Å². The van der Waals surface area contributed by atoms with Gasteiger partial charge in [0.25, 0.3) is 0 Å². The monoisotopic (exact) mass is 276 g/mol. The SMILES string of the molecule is Cc1ccc(CC(C)(C(=O)O)N2CCN(C)CC2)cc1. The Balaban J connectivity index is 2.16. The molecule has 0 aliphatic carbocycles. The van der Waals surface area contributed by atoms with E-state index in [-0.39, 0.29) is 0 Å². The Morgan fingerprint density at radius 2 is 1.75 bits per heavy atom. The number of carbonyl (C=O) groups is 1. The van der Waals surface area contributed by atoms with Crippen LogP contribution in [0.25, 0.3) is 0 Å². The zero-order chi connectivity index (χ0) is 14.8. The van der Waals surface area contributed by atoms with Crippen LogP contribution in [-0.4, -0.2) is 59.6 Å². The molecular weight excluding hydrogens is 252 g/mol. The van der Waals surface area contributed by atoms with Crippen LogP contribution in [0.2, 0.25) is 0 Å². The largest absolute Gasteiger partial charge is 0.480 e. The highest BCUT2D eigenvalue weighted by Crippen LogP contribution is 2.23. The molecule has 2 rings (SSSR count). The van der Waals surface area contributed by atoms with Crippen molar-refractivity contribution < 1.29 is 9.90 Å². The summed E-state index contributed by atoms with van der Waals surface area (Å²) in [6.07, 6.45) is 0.548. The molecule has 1 N–H and O–H groups in total. The Labute approximate surface area is 121 Å². The molecule has 0 bridgehead atoms. The van der Waals surface area contributed by atoms with Crippen molar-refractivity contribution in [3.63, 3.8) is 0 Å². The van der Waals surface area contributed by atoms with Gasteiger partial charge in [0.2, 0.25) is 0 Å². The van der Waals surface area contributed by atoms with Crippen LogP contribution in [0, 0.1) is 6.92 Å². The molecule has 1 aromatic rings. The van der Waals surface area contributed by atoms with Gasteiger partial charge in [-0.15, -0.1) is 0 Å². The molecule has 0 saturated carbocycles. The van der Waals surface area contributed by atoms with Crippen LogP contribution in [0.1, 0.15) is 18.1 Å². The number of nitrogens with zero attached hydrogens (tertiary/aromatic N) is 2. The minimum Gasteiger partial charge on any atom is -0.480 e. The standard InChI is InChI=1S/C16H24N2O2/c1-13-4-6-14(7-5-13)12-16(2,15(19)20)18-10-8-17(3)9-11-18/h4-7H,8-12H2,1-3H3,(H,19,20). The first-order valence-electron chi connectivity index (χ1n) is 7.14. The molecule has 1 atom stereocenters. The number of rotatable bonds is 4. The zero-order valence-electron chi connectivity index (χ0n) is 12.6. The number of carboxylic acid groups (broad SMARTS) is 1. The average molecular weight is 276 g/mol. The van der Waals surface area contributed by atoms with E-state index in [4.69, 9.17) is 0 Å². The van der Waals surface area contributed by atoms with Crippen LogP contribution in [0.3, 0.4) is 0 Å². The van der Waals surface area contributed by atoms with Crippen LogP contribution in [0.5, 0.6) is 0 Å². The maximum atomic E-state index is 11.8. The van der Waals surface area contributed by atoms with Gasteiger partial charge < -0.3 is 10.0 Å². The summed E-state index contributed by atoms with van der Waals surface area (Å²) < 4.78 is 0. The van der Waals surface area contributed by atoms with Gasteiger partial charge in [-0.1, -0.05) is 29.8 Å². The average Bonchev–Trinajstić information content (AvgIpc) is 2.42. The minimum atomic E-state index is -0.823. The number of hydrogen-bond acceptors (Lipinski definition) is 3. The van der Waals surface area contributed by atoms with Crippen LogP contribution in [-0.2, 0) is 11.2 Å². The zero-order valence-corrected chi connectivity index (χ0v) is 12.6. The predicted octanol–water partition coefficient (Wildman–Crippen LogP) is 1.63. The summed E-state index contributed by atoms with van der Waals surface area (Å²) in [5, 5.41) is 9.71. The molecule has 4 nitrogen and oxygen atoms in total. The number of aliphatic carboxylic acids is 1. The van der Waals surface area contributed by atoms with E-state index >= 15 is 0 Å². The molecule has 110 valence electrons. The fraction of sp³-hybridized carbons (Fsp3) is 0.562. The quantitative estimate of drug-likeness (QED) is 0.908. The second kappa shape index (κ2) is 5.94. The number of carboxylic acids is 1. The van der Waals surface area contributed by atoms with E-state index in [0.717, 1.165) is 31.7 Å². The number of aryl methyl sites for hydroxylation is 1. The van der Waals surface area contributed by atoms with Crippen molar-refractivity contribution in [1.29, 1.82) is 0 Å². The highest BCUT2D eigenvalue weighted by Gasteiger charge is 2.40. The fourth-order valence-corrected chi connectivity index (χ4v) is 2.73. The molecule has 0 amide bonds. The number of benzene rings is 1. The van der Waals surface area contributed by atoms with Gasteiger partial charge in [0.1, 0.15) is 5.54 Å². The van der Waals surface area contributed by atoms with Crippen molar-refractivity contribution in [2.24, 2.45) is 0 Å². The van der Waals surface area contributed by atoms with Gasteiger partial charge in [0.05, 0.1) is 0 Å². The molecule has 1 heterocycles. The normalized spacial score (nSPS) is 20.6. The molecule has 1 aliphatic rings. The molecule has 0 aromatic heterocycles. The summed E-state index contributed by atoms with van der Waals surface area (Å²) in [7, 11) is 2.08. The van der Waals surface area contributed by atoms with E-state index in [1.807, 2.05) is 38.1 Å². The third kappa shape index (κ3) is 3.19. The molecule has 1 fully saturated rings. The van der Waals surface area contributed by atoms with Crippen molar-refractivity contribution in [3.05, 3.63) is 35.4 Å². The Morgan fingerprint density at radius 3 is 2.25 bits per heavy atom. The predicted molar refractivity (Wildman–Crippen MR) is 80.0 cm³/mol. The molecular formula is C16H24N2O2. The van der Waals surface area contributed by atoms with Crippen molar-refractivity contribution >= 4 is 5.97 Å². The van der Waals surface area contributed by atoms with Crippen LogP contribution >= 0.6 is 0 Å². The maximum absolute atomic E-state index is 11.8. The first kappa shape index (κ1) is 15.0. The van der Waals surface area contributed by atoms with Gasteiger partial charge in [-0.05, 0) is 26.5 Å². The van der Waals surface area contributed by atoms with Gasteiger partial charge >= 0.3 is 5.97 Å². The van der Waals surface area contributed by atoms with Crippen molar-refractivity contribution in [3.8, 4) is 0 Å². The van der Waals surface area contributed by atoms with E-state index in [0.29, 0.717) is 6.42 Å². The molecule has 4 heteroatoms. The maximum Gasteiger partial charge on any atom is 0.324 e. The van der Waals surface area contributed by atoms with Crippen LogP contribution in [0.15, 0.2) is 24.3 Å². The van der Waals surface area contributed by atoms with Crippen LogP contribution in [0.4, 0.5) is 0 Å². The summed E-state index contributed by atoms with van der Waals surface area (Å²) in [4.78, 5) is 16.2. The summed E-state index contributed by atoms with van der Waals surface area (Å²) in [6.45, 7) is 7.37.